The van der Waals surface area contributed by atoms with Crippen molar-refractivity contribution in [1.82, 2.24) is 5.32 Å². The van der Waals surface area contributed by atoms with Crippen molar-refractivity contribution in [1.29, 1.82) is 0 Å². The van der Waals surface area contributed by atoms with E-state index in [2.05, 4.69) is 5.32 Å². The number of fused-ring (bicyclic) bond motifs is 1. The molecule has 5 nitrogen and oxygen atoms in total. The number of carbonyl (C=O) groups excluding carboxylic acids is 1. The molecule has 0 fully saturated rings. The molecule has 2 aromatic carbocycles. The van der Waals surface area contributed by atoms with Gasteiger partial charge in [0.2, 0.25) is 0 Å². The highest BCUT2D eigenvalue weighted by Gasteiger charge is 2.27. The van der Waals surface area contributed by atoms with E-state index < -0.39 is 6.10 Å². The van der Waals surface area contributed by atoms with Crippen LogP contribution in [-0.4, -0.2) is 36.3 Å². The van der Waals surface area contributed by atoms with Gasteiger partial charge in [-0.1, -0.05) is 32.0 Å². The van der Waals surface area contributed by atoms with Crippen LogP contribution >= 0.6 is 0 Å². The quantitative estimate of drug-likeness (QED) is 0.813. The number of hydrogen-bond donors (Lipinski definition) is 2. The highest BCUT2D eigenvalue weighted by Crippen LogP contribution is 2.29. The SMILES string of the molecule is CC(C)NCC(O)COc1ccc(N2Cc3ccccc3C2=O)cc1. The van der Waals surface area contributed by atoms with Crippen molar-refractivity contribution in [2.45, 2.75) is 32.5 Å². The van der Waals surface area contributed by atoms with Gasteiger partial charge in [0.05, 0.1) is 6.54 Å². The molecule has 1 atom stereocenters. The van der Waals surface area contributed by atoms with Crippen LogP contribution in [0.25, 0.3) is 0 Å². The minimum atomic E-state index is -0.559. The molecule has 0 radical (unpaired) electrons. The van der Waals surface area contributed by atoms with Crippen LogP contribution in [-0.2, 0) is 6.54 Å². The van der Waals surface area contributed by atoms with E-state index in [9.17, 15) is 9.90 Å². The van der Waals surface area contributed by atoms with Crippen molar-refractivity contribution in [3.8, 4) is 5.75 Å². The third kappa shape index (κ3) is 4.18. The lowest BCUT2D eigenvalue weighted by atomic mass is 10.1. The molecule has 2 N–H and O–H groups in total. The van der Waals surface area contributed by atoms with Crippen LogP contribution in [0.4, 0.5) is 5.69 Å². The molecular formula is C20H24N2O3. The number of hydrogen-bond acceptors (Lipinski definition) is 4. The Morgan fingerprint density at radius 3 is 2.56 bits per heavy atom. The van der Waals surface area contributed by atoms with Crippen molar-refractivity contribution in [2.24, 2.45) is 0 Å². The number of amides is 1. The summed E-state index contributed by atoms with van der Waals surface area (Å²) < 4.78 is 5.61. The fraction of sp³-hybridized carbons (Fsp3) is 0.350. The van der Waals surface area contributed by atoms with Crippen LogP contribution in [0.1, 0.15) is 29.8 Å². The lowest BCUT2D eigenvalue weighted by Crippen LogP contribution is -2.35. The van der Waals surface area contributed by atoms with Crippen LogP contribution in [0.3, 0.4) is 0 Å². The maximum atomic E-state index is 12.5. The third-order valence-corrected chi connectivity index (χ3v) is 4.17. The molecule has 132 valence electrons. The molecule has 25 heavy (non-hydrogen) atoms. The third-order valence-electron chi connectivity index (χ3n) is 4.17. The molecule has 0 saturated heterocycles. The number of aliphatic hydroxyl groups is 1. The van der Waals surface area contributed by atoms with Crippen molar-refractivity contribution in [3.63, 3.8) is 0 Å². The molecule has 0 aliphatic carbocycles. The number of aliphatic hydroxyl groups excluding tert-OH is 1. The van der Waals surface area contributed by atoms with Crippen LogP contribution < -0.4 is 15.0 Å². The van der Waals surface area contributed by atoms with Gasteiger partial charge in [0.25, 0.3) is 5.91 Å². The summed E-state index contributed by atoms with van der Waals surface area (Å²) >= 11 is 0. The molecule has 1 heterocycles. The van der Waals surface area contributed by atoms with Gasteiger partial charge in [-0.25, -0.2) is 0 Å². The van der Waals surface area contributed by atoms with Gasteiger partial charge in [-0.3, -0.25) is 4.79 Å². The molecule has 0 saturated carbocycles. The predicted octanol–water partition coefficient (Wildman–Crippen LogP) is 2.58. The van der Waals surface area contributed by atoms with E-state index in [0.29, 0.717) is 24.9 Å². The van der Waals surface area contributed by atoms with Crippen LogP contribution in [0.5, 0.6) is 5.75 Å². The summed E-state index contributed by atoms with van der Waals surface area (Å²) in [7, 11) is 0. The topological polar surface area (TPSA) is 61.8 Å². The molecular weight excluding hydrogens is 316 g/mol. The standard InChI is InChI=1S/C20H24N2O3/c1-14(2)21-11-17(23)13-25-18-9-7-16(8-10-18)22-12-15-5-3-4-6-19(15)20(22)24/h3-10,14,17,21,23H,11-13H2,1-2H3. The minimum absolute atomic E-state index is 0.0273. The number of nitrogens with zero attached hydrogens (tertiary/aromatic N) is 1. The van der Waals surface area contributed by atoms with Gasteiger partial charge in [0, 0.05) is 23.8 Å². The van der Waals surface area contributed by atoms with Gasteiger partial charge in [-0.2, -0.15) is 0 Å². The van der Waals surface area contributed by atoms with Crippen LogP contribution in [0.15, 0.2) is 48.5 Å². The van der Waals surface area contributed by atoms with E-state index in [0.717, 1.165) is 16.8 Å². The Balaban J connectivity index is 1.57. The second-order valence-electron chi connectivity index (χ2n) is 6.57. The zero-order valence-corrected chi connectivity index (χ0v) is 14.6. The van der Waals surface area contributed by atoms with Gasteiger partial charge in [-0.15, -0.1) is 0 Å². The molecule has 0 aromatic heterocycles. The normalized spacial score (nSPS) is 14.7. The average Bonchev–Trinajstić information content (AvgIpc) is 2.96. The maximum Gasteiger partial charge on any atom is 0.258 e. The summed E-state index contributed by atoms with van der Waals surface area (Å²) in [5, 5.41) is 13.0. The van der Waals surface area contributed by atoms with Gasteiger partial charge < -0.3 is 20.1 Å². The number of ether oxygens (including phenoxy) is 1. The number of benzene rings is 2. The first kappa shape index (κ1) is 17.5. The highest BCUT2D eigenvalue weighted by atomic mass is 16.5. The molecule has 1 amide bonds. The zero-order chi connectivity index (χ0) is 17.8. The number of anilines is 1. The second-order valence-corrected chi connectivity index (χ2v) is 6.57. The van der Waals surface area contributed by atoms with E-state index in [1.165, 1.54) is 0 Å². The average molecular weight is 340 g/mol. The number of nitrogens with one attached hydrogen (secondary N) is 1. The molecule has 2 aromatic rings. The minimum Gasteiger partial charge on any atom is -0.491 e. The Hall–Kier alpha value is -2.37. The van der Waals surface area contributed by atoms with Crippen LogP contribution in [0.2, 0.25) is 0 Å². The Bertz CT molecular complexity index is 728. The summed E-state index contributed by atoms with van der Waals surface area (Å²) in [5.74, 6) is 0.705. The smallest absolute Gasteiger partial charge is 0.258 e. The largest absolute Gasteiger partial charge is 0.491 e. The summed E-state index contributed by atoms with van der Waals surface area (Å²) in [6, 6.07) is 15.4. The van der Waals surface area contributed by atoms with Crippen molar-refractivity contribution >= 4 is 11.6 Å². The molecule has 0 bridgehead atoms. The van der Waals surface area contributed by atoms with E-state index in [1.54, 1.807) is 4.90 Å². The van der Waals surface area contributed by atoms with E-state index in [1.807, 2.05) is 62.4 Å². The van der Waals surface area contributed by atoms with E-state index in [-0.39, 0.29) is 12.5 Å². The van der Waals surface area contributed by atoms with E-state index >= 15 is 0 Å². The van der Waals surface area contributed by atoms with Gasteiger partial charge in [0.1, 0.15) is 18.5 Å². The van der Waals surface area contributed by atoms with Gasteiger partial charge >= 0.3 is 0 Å². The Kier molecular flexibility index (Phi) is 5.36. The first-order valence-electron chi connectivity index (χ1n) is 8.58. The fourth-order valence-electron chi connectivity index (χ4n) is 2.81. The highest BCUT2D eigenvalue weighted by molar-refractivity contribution is 6.09. The second kappa shape index (κ2) is 7.68. The summed E-state index contributed by atoms with van der Waals surface area (Å²) in [6.07, 6.45) is -0.559. The van der Waals surface area contributed by atoms with Gasteiger partial charge in [-0.05, 0) is 35.9 Å². The summed E-state index contributed by atoms with van der Waals surface area (Å²) in [6.45, 7) is 5.38. The molecule has 5 heteroatoms. The fourth-order valence-corrected chi connectivity index (χ4v) is 2.81. The Morgan fingerprint density at radius 2 is 1.88 bits per heavy atom. The number of carbonyl (C=O) groups is 1. The monoisotopic (exact) mass is 340 g/mol. The Morgan fingerprint density at radius 1 is 1.16 bits per heavy atom. The number of rotatable bonds is 7. The first-order chi connectivity index (χ1) is 12.0. The maximum absolute atomic E-state index is 12.5. The summed E-state index contributed by atoms with van der Waals surface area (Å²) in [5.41, 5.74) is 2.66. The summed E-state index contributed by atoms with van der Waals surface area (Å²) in [4.78, 5) is 14.2. The zero-order valence-electron chi connectivity index (χ0n) is 14.6. The van der Waals surface area contributed by atoms with Crippen LogP contribution in [0, 0.1) is 0 Å². The lowest BCUT2D eigenvalue weighted by molar-refractivity contribution is 0.0996. The van der Waals surface area contributed by atoms with Crippen molar-refractivity contribution in [2.75, 3.05) is 18.1 Å². The first-order valence-corrected chi connectivity index (χ1v) is 8.58. The lowest BCUT2D eigenvalue weighted by Gasteiger charge is -2.17. The van der Waals surface area contributed by atoms with Crippen molar-refractivity contribution in [3.05, 3.63) is 59.7 Å². The van der Waals surface area contributed by atoms with Gasteiger partial charge in [0.15, 0.2) is 0 Å². The molecule has 0 spiro atoms. The van der Waals surface area contributed by atoms with Crippen molar-refractivity contribution < 1.29 is 14.6 Å². The molecule has 1 aliphatic rings. The predicted molar refractivity (Wildman–Crippen MR) is 98.0 cm³/mol. The van der Waals surface area contributed by atoms with E-state index in [4.69, 9.17) is 4.74 Å². The molecule has 1 aliphatic heterocycles. The Labute approximate surface area is 148 Å². The molecule has 1 unspecified atom stereocenters. The molecule has 3 rings (SSSR count).